The Morgan fingerprint density at radius 2 is 1.03 bits per heavy atom. The summed E-state index contributed by atoms with van der Waals surface area (Å²) >= 11 is 8.51. The molecule has 31 N–H and O–H groups in total. The largest absolute Gasteiger partial charge is 0.508 e. The number of rotatable bonds is 53. The van der Waals surface area contributed by atoms with Crippen molar-refractivity contribution in [3.63, 3.8) is 0 Å². The number of aromatic nitrogens is 2. The molecule has 44 heteroatoms. The molecule has 1 aliphatic rings. The highest BCUT2D eigenvalue weighted by atomic mass is 32.1. The average Bonchev–Trinajstić information content (AvgIpc) is 1.70. The zero-order chi connectivity index (χ0) is 82.9. The van der Waals surface area contributed by atoms with Crippen molar-refractivity contribution < 1.29 is 87.2 Å². The summed E-state index contributed by atoms with van der Waals surface area (Å²) in [5.74, 6) is -16.8. The van der Waals surface area contributed by atoms with Gasteiger partial charge in [-0.05, 0) is 127 Å². The quantitative estimate of drug-likeness (QED) is 0.0127. The number of imidazole rings is 1. The molecular formula is C67H110N24O18S2. The summed E-state index contributed by atoms with van der Waals surface area (Å²) in [5.41, 5.74) is 45.7. The number of guanidine groups is 2. The third-order valence-electron chi connectivity index (χ3n) is 17.2. The van der Waals surface area contributed by atoms with Crippen LogP contribution in [0.4, 0.5) is 0 Å². The number of aliphatic imine (C=N–C) groups is 2. The van der Waals surface area contributed by atoms with Gasteiger partial charge in [0.05, 0.1) is 25.3 Å². The van der Waals surface area contributed by atoms with Crippen LogP contribution in [-0.4, -0.2) is 254 Å². The Hall–Kier alpha value is -10.6. The van der Waals surface area contributed by atoms with E-state index in [1.54, 1.807) is 13.8 Å². The highest BCUT2D eigenvalue weighted by Crippen LogP contribution is 2.22. The fourth-order valence-corrected chi connectivity index (χ4v) is 11.9. The normalized spacial score (nSPS) is 15.4. The molecule has 0 unspecified atom stereocenters. The molecule has 12 atom stereocenters. The van der Waals surface area contributed by atoms with Gasteiger partial charge in [0.25, 0.3) is 0 Å². The predicted octanol–water partition coefficient (Wildman–Crippen LogP) is -7.72. The molecule has 618 valence electrons. The van der Waals surface area contributed by atoms with Crippen LogP contribution in [0.15, 0.2) is 46.8 Å². The van der Waals surface area contributed by atoms with Crippen molar-refractivity contribution in [2.24, 2.45) is 61.8 Å². The summed E-state index contributed by atoms with van der Waals surface area (Å²) in [6.07, 6.45) is 2.22. The number of thiol groups is 2. The number of nitrogens with two attached hydrogens (primary N) is 8. The standard InChI is InChI=1S/C67H110N24O18S2/c1-35(2)26-45(55(98)79-31-52(94)81-46(27-36-15-17-38(92)18-16-36)59(102)84-42(19-20-51(71)93)58(101)82-40(10-3-5-21-68)56(99)86-44(65(108)109)13-8-24-78-67(74)75)87-61(104)48(32-110)90-62(105)49(33-111)89-57(100)41(11-4-6-22-69)83-60(103)47(29-53(95)96)88-63(106)50-14-9-25-91(50)64(107)43(12-7-23-77-66(72)73)85-54(97)39(70)28-37-30-76-34-80-37/h15-18,30,34-35,39-50,92,110-111H,3-14,19-29,31-33,68-70H2,1-2H3,(H2,71,93)(H,76,80)(H,79,98)(H,81,94)(H,82,101)(H,83,103)(H,84,102)(H,85,97)(H,86,99)(H,87,104)(H,88,106)(H,89,100)(H,90,105)(H,95,96)(H,108,109)(H4,72,73,77)(H4,74,75,78)/t39-,40-,41-,42-,43-,44-,45-,46-,47-,48-,49-,50-/m0/s1. The third-order valence-corrected chi connectivity index (χ3v) is 17.9. The molecule has 0 radical (unpaired) electrons. The number of hydrogen-bond acceptors (Lipinski definition) is 24. The van der Waals surface area contributed by atoms with Gasteiger partial charge in [-0.15, -0.1) is 0 Å². The number of carbonyl (C=O) groups is 15. The lowest BCUT2D eigenvalue weighted by Gasteiger charge is -2.30. The van der Waals surface area contributed by atoms with E-state index in [4.69, 9.17) is 45.9 Å². The summed E-state index contributed by atoms with van der Waals surface area (Å²) in [6, 6.07) is -12.1. The SMILES string of the molecule is CC(C)C[C@H](NC(=O)[C@H](CS)NC(=O)[C@H](CS)NC(=O)[C@H](CCCCN)NC(=O)[C@H](CC(=O)O)NC(=O)[C@@H]1CCCN1C(=O)[C@H](CCCN=C(N)N)NC(=O)[C@@H](N)Cc1cnc[nH]1)C(=O)NCC(=O)N[C@@H](Cc1ccc(O)cc1)C(=O)N[C@@H](CCC(N)=O)C(=O)N[C@@H](CCCCN)C(=O)N[C@@H](CCCN=C(N)N)C(=O)O. The third kappa shape index (κ3) is 35.8. The number of likely N-dealkylation sites (tertiary alicyclic amines) is 1. The smallest absolute Gasteiger partial charge is 0.326 e. The van der Waals surface area contributed by atoms with Gasteiger partial charge >= 0.3 is 11.9 Å². The first-order valence-electron chi connectivity index (χ1n) is 36.2. The van der Waals surface area contributed by atoms with Crippen molar-refractivity contribution in [2.75, 3.05) is 50.8 Å². The van der Waals surface area contributed by atoms with Gasteiger partial charge in [0.15, 0.2) is 11.9 Å². The monoisotopic (exact) mass is 1600 g/mol. The van der Waals surface area contributed by atoms with Gasteiger partial charge in [-0.3, -0.25) is 77.1 Å². The summed E-state index contributed by atoms with van der Waals surface area (Å²) < 4.78 is 0. The first-order valence-corrected chi connectivity index (χ1v) is 37.5. The van der Waals surface area contributed by atoms with Crippen molar-refractivity contribution in [1.29, 1.82) is 0 Å². The Morgan fingerprint density at radius 3 is 1.50 bits per heavy atom. The van der Waals surface area contributed by atoms with Gasteiger partial charge < -0.3 is 130 Å². The molecule has 13 amide bonds. The summed E-state index contributed by atoms with van der Waals surface area (Å²) in [6.45, 7) is 3.08. The minimum atomic E-state index is -1.85. The molecule has 42 nitrogen and oxygen atoms in total. The van der Waals surface area contributed by atoms with Crippen LogP contribution in [0, 0.1) is 5.92 Å². The van der Waals surface area contributed by atoms with E-state index in [9.17, 15) is 87.2 Å². The number of phenols is 1. The van der Waals surface area contributed by atoms with Crippen LogP contribution in [0.3, 0.4) is 0 Å². The van der Waals surface area contributed by atoms with E-state index in [2.05, 4.69) is 104 Å². The highest BCUT2D eigenvalue weighted by Gasteiger charge is 2.41. The molecule has 1 aromatic carbocycles. The van der Waals surface area contributed by atoms with Gasteiger partial charge in [-0.25, -0.2) is 9.78 Å². The van der Waals surface area contributed by atoms with Crippen LogP contribution in [0.2, 0.25) is 0 Å². The molecule has 2 aromatic rings. The number of primary amides is 1. The molecule has 0 bridgehead atoms. The first kappa shape index (κ1) is 94.6. The zero-order valence-corrected chi connectivity index (χ0v) is 63.9. The summed E-state index contributed by atoms with van der Waals surface area (Å²) in [5, 5.41) is 57.2. The van der Waals surface area contributed by atoms with Crippen molar-refractivity contribution in [3.05, 3.63) is 48.0 Å². The van der Waals surface area contributed by atoms with Crippen LogP contribution in [-0.2, 0) is 84.8 Å². The van der Waals surface area contributed by atoms with Crippen LogP contribution >= 0.6 is 25.3 Å². The number of nitrogens with zero attached hydrogens (tertiary/aromatic N) is 4. The van der Waals surface area contributed by atoms with E-state index in [1.807, 2.05) is 0 Å². The zero-order valence-electron chi connectivity index (χ0n) is 62.1. The van der Waals surface area contributed by atoms with E-state index in [0.29, 0.717) is 24.1 Å². The maximum absolute atomic E-state index is 14.3. The second-order valence-electron chi connectivity index (χ2n) is 26.7. The minimum Gasteiger partial charge on any atom is -0.508 e. The number of aromatic amines is 1. The number of hydrogen-bond donors (Lipinski definition) is 25. The number of carboxylic acids is 2. The Morgan fingerprint density at radius 1 is 0.559 bits per heavy atom. The van der Waals surface area contributed by atoms with Gasteiger partial charge in [-0.1, -0.05) is 26.0 Å². The Bertz CT molecular complexity index is 3500. The van der Waals surface area contributed by atoms with Crippen molar-refractivity contribution >= 4 is 126 Å². The molecular weight excluding hydrogens is 1490 g/mol. The van der Waals surface area contributed by atoms with Gasteiger partial charge in [-0.2, -0.15) is 25.3 Å². The number of carbonyl (C=O) groups excluding carboxylic acids is 13. The molecule has 1 aliphatic heterocycles. The fourth-order valence-electron chi connectivity index (χ4n) is 11.4. The topological polar surface area (TPSA) is 714 Å². The number of aliphatic carboxylic acids is 2. The number of H-pyrrole nitrogens is 1. The maximum Gasteiger partial charge on any atom is 0.326 e. The lowest BCUT2D eigenvalue weighted by molar-refractivity contribution is -0.144. The molecule has 1 saturated heterocycles. The molecule has 2 heterocycles. The molecule has 0 spiro atoms. The molecule has 3 rings (SSSR count). The fraction of sp³-hybridized carbons (Fsp3) is 0.612. The average molecular weight is 1600 g/mol. The van der Waals surface area contributed by atoms with Crippen molar-refractivity contribution in [2.45, 2.75) is 202 Å². The lowest BCUT2D eigenvalue weighted by Crippen LogP contribution is -2.61. The molecule has 1 aromatic heterocycles. The van der Waals surface area contributed by atoms with Crippen molar-refractivity contribution in [3.8, 4) is 5.75 Å². The second kappa shape index (κ2) is 50.2. The minimum absolute atomic E-state index is 0.00314. The number of aromatic hydroxyl groups is 1. The van der Waals surface area contributed by atoms with Gasteiger partial charge in [0.2, 0.25) is 76.8 Å². The van der Waals surface area contributed by atoms with Gasteiger partial charge in [0.1, 0.15) is 72.2 Å². The van der Waals surface area contributed by atoms with Crippen LogP contribution in [0.25, 0.3) is 0 Å². The van der Waals surface area contributed by atoms with E-state index in [1.165, 1.54) is 41.7 Å². The number of unbranched alkanes of at least 4 members (excludes halogenated alkanes) is 2. The molecule has 111 heavy (non-hydrogen) atoms. The maximum atomic E-state index is 14.3. The van der Waals surface area contributed by atoms with Crippen molar-refractivity contribution in [1.82, 2.24) is 73.4 Å². The molecule has 1 fully saturated rings. The number of nitrogens with one attached hydrogen (secondary N) is 12. The first-order chi connectivity index (χ1) is 52.6. The number of amides is 13. The van der Waals surface area contributed by atoms with Gasteiger partial charge in [0, 0.05) is 62.3 Å². The number of phenolic OH excluding ortho intramolecular Hbond substituents is 1. The van der Waals surface area contributed by atoms with E-state index in [0.717, 1.165) is 0 Å². The Labute approximate surface area is 652 Å². The lowest BCUT2D eigenvalue weighted by atomic mass is 10.0. The predicted molar refractivity (Wildman–Crippen MR) is 410 cm³/mol. The van der Waals surface area contributed by atoms with E-state index < -0.39 is 199 Å². The Kier molecular flexibility index (Phi) is 42.8. The van der Waals surface area contributed by atoms with Crippen LogP contribution in [0.5, 0.6) is 5.75 Å². The molecule has 0 saturated carbocycles. The van der Waals surface area contributed by atoms with E-state index in [-0.39, 0.29) is 140 Å². The highest BCUT2D eigenvalue weighted by molar-refractivity contribution is 7.80. The summed E-state index contributed by atoms with van der Waals surface area (Å²) in [7, 11) is 0. The second-order valence-corrected chi connectivity index (χ2v) is 27.5. The Balaban J connectivity index is 1.80. The number of benzene rings is 1. The van der Waals surface area contributed by atoms with E-state index >= 15 is 0 Å². The van der Waals surface area contributed by atoms with Crippen LogP contribution in [0.1, 0.15) is 128 Å². The summed E-state index contributed by atoms with van der Waals surface area (Å²) in [4.78, 5) is 220. The molecule has 0 aliphatic carbocycles. The number of carboxylic acid groups (broad SMARTS) is 2. The van der Waals surface area contributed by atoms with Crippen LogP contribution < -0.4 is 104 Å².